The summed E-state index contributed by atoms with van der Waals surface area (Å²) in [5.41, 5.74) is 0.211. The highest BCUT2D eigenvalue weighted by molar-refractivity contribution is 9.13. The van der Waals surface area contributed by atoms with Gasteiger partial charge in [-0.3, -0.25) is 9.59 Å². The van der Waals surface area contributed by atoms with Gasteiger partial charge in [0.15, 0.2) is 0 Å². The van der Waals surface area contributed by atoms with Crippen molar-refractivity contribution >= 4 is 65.6 Å². The van der Waals surface area contributed by atoms with Gasteiger partial charge in [0.05, 0.1) is 17.4 Å². The van der Waals surface area contributed by atoms with E-state index in [0.29, 0.717) is 18.5 Å². The fourth-order valence-electron chi connectivity index (χ4n) is 3.81. The molecule has 2 amide bonds. The number of halogens is 3. The van der Waals surface area contributed by atoms with Crippen molar-refractivity contribution in [3.63, 3.8) is 0 Å². The van der Waals surface area contributed by atoms with E-state index in [1.165, 1.54) is 0 Å². The highest BCUT2D eigenvalue weighted by Gasteiger charge is 2.60. The second-order valence-corrected chi connectivity index (χ2v) is 8.57. The Morgan fingerprint density at radius 3 is 2.12 bits per heavy atom. The predicted octanol–water partition coefficient (Wildman–Crippen LogP) is 3.85. The number of allylic oxidation sites excluding steroid dienone is 2. The SMILES string of the molecule is O=C(ON1C(=O)C2C3C=CC(C3)C2C1=O)c1c(Br)ccc(Br)c1Br. The van der Waals surface area contributed by atoms with E-state index in [0.717, 1.165) is 6.42 Å². The average molecular weight is 520 g/mol. The first kappa shape index (κ1) is 16.5. The maximum atomic E-state index is 12.6. The number of benzene rings is 1. The zero-order valence-corrected chi connectivity index (χ0v) is 16.8. The zero-order valence-electron chi connectivity index (χ0n) is 12.0. The van der Waals surface area contributed by atoms with E-state index < -0.39 is 29.6 Å². The van der Waals surface area contributed by atoms with Gasteiger partial charge in [0.2, 0.25) is 0 Å². The zero-order chi connectivity index (χ0) is 17.2. The molecule has 1 aromatic carbocycles. The lowest BCUT2D eigenvalue weighted by Crippen LogP contribution is -2.35. The van der Waals surface area contributed by atoms with Crippen LogP contribution in [0, 0.1) is 23.7 Å². The van der Waals surface area contributed by atoms with E-state index in [2.05, 4.69) is 47.8 Å². The first-order chi connectivity index (χ1) is 11.4. The van der Waals surface area contributed by atoms with Gasteiger partial charge in [0, 0.05) is 13.4 Å². The van der Waals surface area contributed by atoms with Gasteiger partial charge in [-0.15, -0.1) is 5.06 Å². The van der Waals surface area contributed by atoms with E-state index in [9.17, 15) is 14.4 Å². The molecule has 4 rings (SSSR count). The van der Waals surface area contributed by atoms with Crippen molar-refractivity contribution in [2.24, 2.45) is 23.7 Å². The third-order valence-electron chi connectivity index (χ3n) is 4.85. The van der Waals surface area contributed by atoms with Crippen LogP contribution < -0.4 is 0 Å². The number of carbonyl (C=O) groups is 3. The maximum Gasteiger partial charge on any atom is 0.366 e. The summed E-state index contributed by atoms with van der Waals surface area (Å²) < 4.78 is 1.65. The molecule has 24 heavy (non-hydrogen) atoms. The molecule has 1 saturated carbocycles. The lowest BCUT2D eigenvalue weighted by Gasteiger charge is -2.17. The normalized spacial score (nSPS) is 30.2. The largest absolute Gasteiger partial charge is 0.366 e. The molecule has 2 bridgehead atoms. The number of carbonyl (C=O) groups excluding carboxylic acids is 3. The van der Waals surface area contributed by atoms with E-state index in [1.807, 2.05) is 12.2 Å². The molecule has 4 atom stereocenters. The fraction of sp³-hybridized carbons (Fsp3) is 0.312. The topological polar surface area (TPSA) is 63.7 Å². The third-order valence-corrected chi connectivity index (χ3v) is 7.53. The van der Waals surface area contributed by atoms with Crippen LogP contribution in [-0.4, -0.2) is 22.8 Å². The molecule has 5 nitrogen and oxygen atoms in total. The third kappa shape index (κ3) is 2.26. The van der Waals surface area contributed by atoms with Gasteiger partial charge in [-0.25, -0.2) is 4.79 Å². The van der Waals surface area contributed by atoms with Crippen LogP contribution in [0.1, 0.15) is 16.8 Å². The first-order valence-corrected chi connectivity index (χ1v) is 9.70. The van der Waals surface area contributed by atoms with Crippen LogP contribution in [0.2, 0.25) is 0 Å². The monoisotopic (exact) mass is 517 g/mol. The Morgan fingerprint density at radius 2 is 1.54 bits per heavy atom. The molecule has 2 aliphatic carbocycles. The Morgan fingerprint density at radius 1 is 1.00 bits per heavy atom. The first-order valence-electron chi connectivity index (χ1n) is 7.32. The lowest BCUT2D eigenvalue weighted by molar-refractivity contribution is -0.175. The van der Waals surface area contributed by atoms with E-state index in [1.54, 1.807) is 12.1 Å². The van der Waals surface area contributed by atoms with Crippen molar-refractivity contribution in [3.8, 4) is 0 Å². The van der Waals surface area contributed by atoms with Crippen LogP contribution in [-0.2, 0) is 14.4 Å². The number of amides is 2. The summed E-state index contributed by atoms with van der Waals surface area (Å²) in [6.07, 6.45) is 4.81. The molecule has 2 fully saturated rings. The van der Waals surface area contributed by atoms with Crippen LogP contribution in [0.15, 0.2) is 37.7 Å². The van der Waals surface area contributed by atoms with E-state index >= 15 is 0 Å². The molecule has 0 aromatic heterocycles. The number of fused-ring (bicyclic) bond motifs is 5. The van der Waals surface area contributed by atoms with Gasteiger partial charge >= 0.3 is 5.97 Å². The molecule has 1 saturated heterocycles. The van der Waals surface area contributed by atoms with Crippen LogP contribution in [0.25, 0.3) is 0 Å². The van der Waals surface area contributed by atoms with Gasteiger partial charge in [0.25, 0.3) is 11.8 Å². The number of nitrogens with zero attached hydrogens (tertiary/aromatic N) is 1. The molecule has 1 aromatic rings. The molecule has 3 aliphatic rings. The Bertz CT molecular complexity index is 792. The van der Waals surface area contributed by atoms with Crippen molar-refractivity contribution in [2.45, 2.75) is 6.42 Å². The summed E-state index contributed by atoms with van der Waals surface area (Å²) in [6, 6.07) is 3.43. The van der Waals surface area contributed by atoms with E-state index in [-0.39, 0.29) is 17.4 Å². The summed E-state index contributed by atoms with van der Waals surface area (Å²) in [7, 11) is 0. The Kier molecular flexibility index (Phi) is 3.97. The second-order valence-electron chi connectivity index (χ2n) is 6.07. The van der Waals surface area contributed by atoms with Crippen molar-refractivity contribution < 1.29 is 19.2 Å². The summed E-state index contributed by atoms with van der Waals surface area (Å²) in [6.45, 7) is 0. The van der Waals surface area contributed by atoms with Gasteiger partial charge in [-0.1, -0.05) is 12.2 Å². The van der Waals surface area contributed by atoms with Gasteiger partial charge in [-0.05, 0) is 78.2 Å². The van der Waals surface area contributed by atoms with Gasteiger partial charge in [-0.2, -0.15) is 0 Å². The van der Waals surface area contributed by atoms with Crippen molar-refractivity contribution in [3.05, 3.63) is 43.3 Å². The smallest absolute Gasteiger partial charge is 0.325 e. The molecule has 8 heteroatoms. The quantitative estimate of drug-likeness (QED) is 0.338. The molecular weight excluding hydrogens is 510 g/mol. The number of hydrogen-bond acceptors (Lipinski definition) is 4. The summed E-state index contributed by atoms with van der Waals surface area (Å²) >= 11 is 9.92. The van der Waals surface area contributed by atoms with Crippen molar-refractivity contribution in [1.82, 2.24) is 5.06 Å². The van der Waals surface area contributed by atoms with E-state index in [4.69, 9.17) is 4.84 Å². The number of hydroxylamine groups is 2. The Labute approximate surface area is 162 Å². The molecule has 0 N–H and O–H groups in total. The Balaban J connectivity index is 1.61. The standard InChI is InChI=1S/C16H10Br3NO4/c17-8-3-4-9(18)13(19)12(8)16(23)24-20-14(21)10-6-1-2-7(5-6)11(10)15(20)22/h1-4,6-7,10-11H,5H2. The van der Waals surface area contributed by atoms with Crippen LogP contribution in [0.4, 0.5) is 0 Å². The minimum absolute atomic E-state index is 0.0736. The fourth-order valence-corrected chi connectivity index (χ4v) is 5.40. The summed E-state index contributed by atoms with van der Waals surface area (Å²) in [4.78, 5) is 42.8. The van der Waals surface area contributed by atoms with Crippen molar-refractivity contribution in [2.75, 3.05) is 0 Å². The highest BCUT2D eigenvalue weighted by Crippen LogP contribution is 2.52. The lowest BCUT2D eigenvalue weighted by atomic mass is 9.85. The predicted molar refractivity (Wildman–Crippen MR) is 94.5 cm³/mol. The van der Waals surface area contributed by atoms with Crippen LogP contribution in [0.3, 0.4) is 0 Å². The summed E-state index contributed by atoms with van der Waals surface area (Å²) in [5, 5.41) is 0.656. The maximum absolute atomic E-state index is 12.6. The number of imide groups is 1. The van der Waals surface area contributed by atoms with Crippen LogP contribution in [0.5, 0.6) is 0 Å². The second kappa shape index (κ2) is 5.78. The highest BCUT2D eigenvalue weighted by atomic mass is 79.9. The molecule has 4 unspecified atom stereocenters. The summed E-state index contributed by atoms with van der Waals surface area (Å²) in [5.74, 6) is -2.25. The van der Waals surface area contributed by atoms with Gasteiger partial charge in [0.1, 0.15) is 0 Å². The molecular formula is C16H10Br3NO4. The molecule has 0 radical (unpaired) electrons. The molecule has 0 spiro atoms. The minimum Gasteiger partial charge on any atom is -0.325 e. The number of hydrogen-bond donors (Lipinski definition) is 0. The van der Waals surface area contributed by atoms with Crippen LogP contribution >= 0.6 is 47.8 Å². The molecule has 124 valence electrons. The number of rotatable bonds is 2. The molecule has 1 heterocycles. The average Bonchev–Trinajstić information content (AvgIpc) is 3.21. The minimum atomic E-state index is -0.767. The van der Waals surface area contributed by atoms with Crippen molar-refractivity contribution in [1.29, 1.82) is 0 Å². The Hall–Kier alpha value is -0.990. The van der Waals surface area contributed by atoms with Gasteiger partial charge < -0.3 is 4.84 Å². The molecule has 1 aliphatic heterocycles.